The number of methoxy groups -OCH3 is 2. The first-order valence-electron chi connectivity index (χ1n) is 6.70. The van der Waals surface area contributed by atoms with Crippen LogP contribution in [0.25, 0.3) is 0 Å². The molecule has 5 heteroatoms. The second-order valence-corrected chi connectivity index (χ2v) is 4.63. The smallest absolute Gasteiger partial charge is 0.339 e. The fourth-order valence-electron chi connectivity index (χ4n) is 2.13. The van der Waals surface area contributed by atoms with Crippen molar-refractivity contribution in [2.45, 2.75) is 6.92 Å². The van der Waals surface area contributed by atoms with E-state index in [2.05, 4.69) is 5.32 Å². The predicted octanol–water partition coefficient (Wildman–Crippen LogP) is 3.04. The highest BCUT2D eigenvalue weighted by atomic mass is 16.5. The van der Waals surface area contributed by atoms with Crippen LogP contribution in [-0.2, 0) is 4.74 Å². The average Bonchev–Trinajstić information content (AvgIpc) is 2.56. The maximum Gasteiger partial charge on any atom is 0.339 e. The van der Waals surface area contributed by atoms with E-state index >= 15 is 0 Å². The summed E-state index contributed by atoms with van der Waals surface area (Å²) < 4.78 is 10.00. The number of hydrogen-bond donors (Lipinski definition) is 1. The van der Waals surface area contributed by atoms with Gasteiger partial charge in [0, 0.05) is 11.1 Å². The van der Waals surface area contributed by atoms with Gasteiger partial charge in [-0.25, -0.2) is 4.79 Å². The van der Waals surface area contributed by atoms with Crippen molar-refractivity contribution in [2.75, 3.05) is 19.5 Å². The molecule has 5 nitrogen and oxygen atoms in total. The predicted molar refractivity (Wildman–Crippen MR) is 83.5 cm³/mol. The van der Waals surface area contributed by atoms with Crippen LogP contribution < -0.4 is 10.1 Å². The molecule has 2 aromatic carbocycles. The molecule has 0 saturated heterocycles. The Kier molecular flexibility index (Phi) is 4.78. The summed E-state index contributed by atoms with van der Waals surface area (Å²) >= 11 is 0. The number of anilines is 1. The van der Waals surface area contributed by atoms with E-state index < -0.39 is 5.97 Å². The quantitative estimate of drug-likeness (QED) is 0.881. The first-order valence-corrected chi connectivity index (χ1v) is 6.70. The minimum Gasteiger partial charge on any atom is -0.496 e. The van der Waals surface area contributed by atoms with Crippen molar-refractivity contribution in [2.24, 2.45) is 0 Å². The highest BCUT2D eigenvalue weighted by Crippen LogP contribution is 2.30. The SMILES string of the molecule is COC(=O)c1ccc(OC)c(C)c1NC(=O)c1ccccc1. The molecule has 2 aromatic rings. The van der Waals surface area contributed by atoms with Gasteiger partial charge in [-0.1, -0.05) is 18.2 Å². The van der Waals surface area contributed by atoms with E-state index in [1.54, 1.807) is 43.3 Å². The largest absolute Gasteiger partial charge is 0.496 e. The van der Waals surface area contributed by atoms with Gasteiger partial charge in [0.2, 0.25) is 0 Å². The summed E-state index contributed by atoms with van der Waals surface area (Å²) in [5.41, 5.74) is 1.83. The molecule has 0 aliphatic carbocycles. The molecule has 0 aromatic heterocycles. The van der Waals surface area contributed by atoms with Crippen LogP contribution in [0.1, 0.15) is 26.3 Å². The van der Waals surface area contributed by atoms with Crippen LogP contribution in [0.5, 0.6) is 5.75 Å². The van der Waals surface area contributed by atoms with E-state index in [4.69, 9.17) is 9.47 Å². The Bertz CT molecular complexity index is 695. The third kappa shape index (κ3) is 3.09. The van der Waals surface area contributed by atoms with Crippen molar-refractivity contribution in [3.05, 3.63) is 59.2 Å². The van der Waals surface area contributed by atoms with Gasteiger partial charge in [0.05, 0.1) is 25.5 Å². The molecule has 114 valence electrons. The van der Waals surface area contributed by atoms with E-state index in [1.165, 1.54) is 14.2 Å². The van der Waals surface area contributed by atoms with Crippen molar-refractivity contribution in [1.29, 1.82) is 0 Å². The molecule has 0 radical (unpaired) electrons. The van der Waals surface area contributed by atoms with Crippen LogP contribution >= 0.6 is 0 Å². The first kappa shape index (κ1) is 15.6. The number of rotatable bonds is 4. The molecule has 0 saturated carbocycles. The lowest BCUT2D eigenvalue weighted by molar-refractivity contribution is 0.0602. The standard InChI is InChI=1S/C17H17NO4/c1-11-14(21-2)10-9-13(17(20)22-3)15(11)18-16(19)12-7-5-4-6-8-12/h4-10H,1-3H3,(H,18,19). The zero-order valence-corrected chi connectivity index (χ0v) is 12.7. The monoisotopic (exact) mass is 299 g/mol. The lowest BCUT2D eigenvalue weighted by Crippen LogP contribution is -2.16. The summed E-state index contributed by atoms with van der Waals surface area (Å²) in [6.45, 7) is 1.77. The van der Waals surface area contributed by atoms with Gasteiger partial charge in [0.1, 0.15) is 5.75 Å². The average molecular weight is 299 g/mol. The summed E-state index contributed by atoms with van der Waals surface area (Å²) in [5, 5.41) is 2.77. The van der Waals surface area contributed by atoms with Crippen molar-refractivity contribution < 1.29 is 19.1 Å². The Hall–Kier alpha value is -2.82. The summed E-state index contributed by atoms with van der Waals surface area (Å²) in [4.78, 5) is 24.2. The molecule has 0 spiro atoms. The zero-order valence-electron chi connectivity index (χ0n) is 12.7. The van der Waals surface area contributed by atoms with E-state index in [0.29, 0.717) is 22.6 Å². The van der Waals surface area contributed by atoms with Gasteiger partial charge in [-0.2, -0.15) is 0 Å². The molecule has 0 fully saturated rings. The van der Waals surface area contributed by atoms with E-state index in [0.717, 1.165) is 0 Å². The Morgan fingerprint density at radius 3 is 2.27 bits per heavy atom. The van der Waals surface area contributed by atoms with E-state index in [-0.39, 0.29) is 11.5 Å². The zero-order chi connectivity index (χ0) is 16.1. The molecule has 0 atom stereocenters. The summed E-state index contributed by atoms with van der Waals surface area (Å²) in [6.07, 6.45) is 0. The maximum atomic E-state index is 12.3. The molecule has 0 aliphatic heterocycles. The lowest BCUT2D eigenvalue weighted by atomic mass is 10.1. The van der Waals surface area contributed by atoms with Crippen molar-refractivity contribution in [3.8, 4) is 5.75 Å². The molecule has 1 N–H and O–H groups in total. The Balaban J connectivity index is 2.44. The number of carbonyl (C=O) groups excluding carboxylic acids is 2. The summed E-state index contributed by atoms with van der Waals surface area (Å²) in [5.74, 6) is -0.243. The number of hydrogen-bond acceptors (Lipinski definition) is 4. The second kappa shape index (κ2) is 6.76. The van der Waals surface area contributed by atoms with Gasteiger partial charge in [-0.15, -0.1) is 0 Å². The topological polar surface area (TPSA) is 64.6 Å². The number of esters is 1. The first-order chi connectivity index (χ1) is 10.6. The molecule has 0 aliphatic rings. The molecule has 0 bridgehead atoms. The Morgan fingerprint density at radius 2 is 1.68 bits per heavy atom. The normalized spacial score (nSPS) is 9.95. The second-order valence-electron chi connectivity index (χ2n) is 4.63. The number of carbonyl (C=O) groups is 2. The molecule has 0 unspecified atom stereocenters. The highest BCUT2D eigenvalue weighted by molar-refractivity contribution is 6.08. The van der Waals surface area contributed by atoms with Crippen LogP contribution in [0.2, 0.25) is 0 Å². The van der Waals surface area contributed by atoms with Gasteiger partial charge in [0.25, 0.3) is 5.91 Å². The van der Waals surface area contributed by atoms with Crippen LogP contribution in [0, 0.1) is 6.92 Å². The molecular formula is C17H17NO4. The minimum absolute atomic E-state index is 0.282. The number of amides is 1. The maximum absolute atomic E-state index is 12.3. The van der Waals surface area contributed by atoms with Gasteiger partial charge >= 0.3 is 5.97 Å². The number of ether oxygens (including phenoxy) is 2. The number of benzene rings is 2. The molecule has 22 heavy (non-hydrogen) atoms. The van der Waals surface area contributed by atoms with Gasteiger partial charge in [0.15, 0.2) is 0 Å². The summed E-state index contributed by atoms with van der Waals surface area (Å²) in [7, 11) is 2.83. The van der Waals surface area contributed by atoms with Crippen LogP contribution in [0.15, 0.2) is 42.5 Å². The van der Waals surface area contributed by atoms with Crippen LogP contribution in [0.4, 0.5) is 5.69 Å². The summed E-state index contributed by atoms with van der Waals surface area (Å²) in [6, 6.07) is 12.0. The van der Waals surface area contributed by atoms with E-state index in [9.17, 15) is 9.59 Å². The van der Waals surface area contributed by atoms with E-state index in [1.807, 2.05) is 6.07 Å². The fourth-order valence-corrected chi connectivity index (χ4v) is 2.13. The Morgan fingerprint density at radius 1 is 1.00 bits per heavy atom. The third-order valence-electron chi connectivity index (χ3n) is 3.32. The molecular weight excluding hydrogens is 282 g/mol. The van der Waals surface area contributed by atoms with Crippen molar-refractivity contribution in [1.82, 2.24) is 0 Å². The van der Waals surface area contributed by atoms with Gasteiger partial charge < -0.3 is 14.8 Å². The van der Waals surface area contributed by atoms with Gasteiger partial charge in [-0.05, 0) is 31.2 Å². The Labute approximate surface area is 128 Å². The molecule has 1 amide bonds. The van der Waals surface area contributed by atoms with Crippen molar-refractivity contribution >= 4 is 17.6 Å². The fraction of sp³-hybridized carbons (Fsp3) is 0.176. The van der Waals surface area contributed by atoms with Crippen LogP contribution in [0.3, 0.4) is 0 Å². The minimum atomic E-state index is -0.519. The van der Waals surface area contributed by atoms with Crippen molar-refractivity contribution in [3.63, 3.8) is 0 Å². The van der Waals surface area contributed by atoms with Crippen LogP contribution in [-0.4, -0.2) is 26.1 Å². The lowest BCUT2D eigenvalue weighted by Gasteiger charge is -2.15. The van der Waals surface area contributed by atoms with Gasteiger partial charge in [-0.3, -0.25) is 4.79 Å². The molecule has 0 heterocycles. The third-order valence-corrected chi connectivity index (χ3v) is 3.32. The number of nitrogens with one attached hydrogen (secondary N) is 1. The highest BCUT2D eigenvalue weighted by Gasteiger charge is 2.19. The molecule has 2 rings (SSSR count).